The van der Waals surface area contributed by atoms with Crippen molar-refractivity contribution < 1.29 is 22.0 Å². The number of aryl methyl sites for hydroxylation is 1. The Morgan fingerprint density at radius 3 is 2.52 bits per heavy atom. The number of nitrogens with zero attached hydrogens (tertiary/aromatic N) is 1. The highest BCUT2D eigenvalue weighted by molar-refractivity contribution is 7.99. The third-order valence-corrected chi connectivity index (χ3v) is 4.39. The van der Waals surface area contributed by atoms with Crippen LogP contribution < -0.4 is 0 Å². The monoisotopic (exact) mass is 345 g/mol. The normalized spacial score (nSPS) is 12.1. The summed E-state index contributed by atoms with van der Waals surface area (Å²) >= 11 is 0.864. The van der Waals surface area contributed by atoms with Gasteiger partial charge in [-0.3, -0.25) is 4.98 Å². The fraction of sp³-hybridized carbons (Fsp3) is 0.188. The van der Waals surface area contributed by atoms with Gasteiger partial charge < -0.3 is 0 Å². The molecule has 7 heteroatoms. The summed E-state index contributed by atoms with van der Waals surface area (Å²) in [5, 5.41) is -0.991. The highest BCUT2D eigenvalue weighted by atomic mass is 32.2. The fourth-order valence-electron chi connectivity index (χ4n) is 2.07. The predicted molar refractivity (Wildman–Crippen MR) is 79.9 cm³/mol. The van der Waals surface area contributed by atoms with Crippen LogP contribution in [0.25, 0.3) is 0 Å². The summed E-state index contributed by atoms with van der Waals surface area (Å²) in [6.07, 6.45) is 1.64. The number of hydrogen-bond acceptors (Lipinski definition) is 2. The van der Waals surface area contributed by atoms with Gasteiger partial charge in [-0.05, 0) is 42.3 Å². The van der Waals surface area contributed by atoms with Crippen LogP contribution in [0.1, 0.15) is 21.9 Å². The second kappa shape index (κ2) is 7.59. The Morgan fingerprint density at radius 2 is 1.87 bits per heavy atom. The third-order valence-electron chi connectivity index (χ3n) is 3.20. The molecule has 1 unspecified atom stereocenters. The molecule has 2 aromatic rings. The average Bonchev–Trinajstić information content (AvgIpc) is 2.50. The quantitative estimate of drug-likeness (QED) is 0.531. The summed E-state index contributed by atoms with van der Waals surface area (Å²) in [5.74, 6) is -3.64. The summed E-state index contributed by atoms with van der Waals surface area (Å²) in [5.41, 5.74) is 0.609. The van der Waals surface area contributed by atoms with Crippen molar-refractivity contribution in [1.29, 1.82) is 0 Å². The van der Waals surface area contributed by atoms with Crippen molar-refractivity contribution in [1.82, 2.24) is 4.98 Å². The maximum atomic E-state index is 14.1. The molecule has 1 aromatic heterocycles. The molecule has 0 aliphatic rings. The number of halogens is 5. The van der Waals surface area contributed by atoms with Gasteiger partial charge >= 0.3 is 0 Å². The Balaban J connectivity index is 2.52. The van der Waals surface area contributed by atoms with Gasteiger partial charge in [0.05, 0.1) is 5.25 Å². The molecular formula is C16H12F5NS. The van der Waals surface area contributed by atoms with Gasteiger partial charge in [0.2, 0.25) is 0 Å². The molecule has 0 aliphatic heterocycles. The molecule has 1 aromatic carbocycles. The zero-order valence-corrected chi connectivity index (χ0v) is 12.8. The first-order valence-electron chi connectivity index (χ1n) is 6.58. The van der Waals surface area contributed by atoms with E-state index in [-0.39, 0.29) is 5.75 Å². The Hall–Kier alpha value is -1.89. The van der Waals surface area contributed by atoms with Crippen molar-refractivity contribution in [2.24, 2.45) is 0 Å². The van der Waals surface area contributed by atoms with Crippen LogP contribution in [0.4, 0.5) is 22.0 Å². The van der Waals surface area contributed by atoms with Crippen LogP contribution in [-0.4, -0.2) is 10.7 Å². The van der Waals surface area contributed by atoms with E-state index >= 15 is 0 Å². The molecule has 1 nitrogen and oxygen atoms in total. The number of pyridine rings is 1. The first-order chi connectivity index (χ1) is 10.9. The molecule has 0 radical (unpaired) electrons. The molecule has 0 spiro atoms. The van der Waals surface area contributed by atoms with E-state index in [0.29, 0.717) is 23.3 Å². The number of hydrogen-bond donors (Lipinski definition) is 0. The van der Waals surface area contributed by atoms with E-state index in [4.69, 9.17) is 0 Å². The Morgan fingerprint density at radius 1 is 1.17 bits per heavy atom. The van der Waals surface area contributed by atoms with E-state index in [0.717, 1.165) is 17.8 Å². The van der Waals surface area contributed by atoms with E-state index in [1.807, 2.05) is 0 Å². The summed E-state index contributed by atoms with van der Waals surface area (Å²) in [6.45, 7) is 1.70. The molecule has 1 heterocycles. The number of rotatable bonds is 5. The Kier molecular flexibility index (Phi) is 5.76. The van der Waals surface area contributed by atoms with Crippen LogP contribution in [0.15, 0.2) is 42.7 Å². The SMILES string of the molecule is Cc1ccncc1C(SCC=C(F)F)c1c(F)ccc(F)c1F. The summed E-state index contributed by atoms with van der Waals surface area (Å²) in [4.78, 5) is 3.90. The number of thioether (sulfide) groups is 1. The van der Waals surface area contributed by atoms with Crippen LogP contribution in [-0.2, 0) is 0 Å². The van der Waals surface area contributed by atoms with E-state index in [1.165, 1.54) is 12.4 Å². The van der Waals surface area contributed by atoms with Crippen molar-refractivity contribution in [3.63, 3.8) is 0 Å². The zero-order valence-electron chi connectivity index (χ0n) is 12.0. The maximum absolute atomic E-state index is 14.1. The number of benzene rings is 1. The van der Waals surface area contributed by atoms with Gasteiger partial charge in [-0.25, -0.2) is 13.2 Å². The second-order valence-corrected chi connectivity index (χ2v) is 5.83. The van der Waals surface area contributed by atoms with Gasteiger partial charge in [0, 0.05) is 23.7 Å². The van der Waals surface area contributed by atoms with Crippen molar-refractivity contribution in [2.75, 3.05) is 5.75 Å². The molecule has 0 fully saturated rings. The first kappa shape index (κ1) is 17.5. The van der Waals surface area contributed by atoms with Crippen LogP contribution in [0.5, 0.6) is 0 Å². The maximum Gasteiger partial charge on any atom is 0.267 e. The van der Waals surface area contributed by atoms with E-state index in [2.05, 4.69) is 4.98 Å². The fourth-order valence-corrected chi connectivity index (χ4v) is 3.29. The highest BCUT2D eigenvalue weighted by Gasteiger charge is 2.26. The van der Waals surface area contributed by atoms with Crippen molar-refractivity contribution >= 4 is 11.8 Å². The molecular weight excluding hydrogens is 333 g/mol. The first-order valence-corrected chi connectivity index (χ1v) is 7.63. The van der Waals surface area contributed by atoms with Crippen LogP contribution in [0, 0.1) is 24.4 Å². The molecule has 23 heavy (non-hydrogen) atoms. The summed E-state index contributed by atoms with van der Waals surface area (Å²) < 4.78 is 66.1. The van der Waals surface area contributed by atoms with E-state index < -0.39 is 34.3 Å². The average molecular weight is 345 g/mol. The summed E-state index contributed by atoms with van der Waals surface area (Å²) in [6, 6.07) is 3.13. The van der Waals surface area contributed by atoms with Crippen LogP contribution >= 0.6 is 11.8 Å². The van der Waals surface area contributed by atoms with Crippen LogP contribution in [0.3, 0.4) is 0 Å². The second-order valence-electron chi connectivity index (χ2n) is 4.70. The minimum Gasteiger partial charge on any atom is -0.264 e. The van der Waals surface area contributed by atoms with Crippen molar-refractivity contribution in [2.45, 2.75) is 12.2 Å². The smallest absolute Gasteiger partial charge is 0.264 e. The van der Waals surface area contributed by atoms with E-state index in [1.54, 1.807) is 13.0 Å². The molecule has 0 amide bonds. The van der Waals surface area contributed by atoms with E-state index in [9.17, 15) is 22.0 Å². The molecule has 2 rings (SSSR count). The van der Waals surface area contributed by atoms with Gasteiger partial charge in [-0.15, -0.1) is 11.8 Å². The topological polar surface area (TPSA) is 12.9 Å². The standard InChI is InChI=1S/C16H12F5NS/c1-9-4-6-22-8-10(9)16(23-7-5-13(19)20)14-11(17)2-3-12(18)15(14)21/h2-6,8,16H,7H2,1H3. The lowest BCUT2D eigenvalue weighted by atomic mass is 10.0. The molecule has 0 bridgehead atoms. The molecule has 0 N–H and O–H groups in total. The molecule has 1 atom stereocenters. The van der Waals surface area contributed by atoms with Gasteiger partial charge in [-0.2, -0.15) is 8.78 Å². The van der Waals surface area contributed by atoms with Crippen LogP contribution in [0.2, 0.25) is 0 Å². The zero-order chi connectivity index (χ0) is 17.0. The lowest BCUT2D eigenvalue weighted by Crippen LogP contribution is -2.08. The lowest BCUT2D eigenvalue weighted by Gasteiger charge is -2.20. The highest BCUT2D eigenvalue weighted by Crippen LogP contribution is 2.40. The minimum absolute atomic E-state index is 0.184. The molecule has 0 aliphatic carbocycles. The lowest BCUT2D eigenvalue weighted by molar-refractivity contribution is 0.420. The van der Waals surface area contributed by atoms with Gasteiger partial charge in [0.25, 0.3) is 6.08 Å². The summed E-state index contributed by atoms with van der Waals surface area (Å²) in [7, 11) is 0. The van der Waals surface area contributed by atoms with Gasteiger partial charge in [0.15, 0.2) is 11.6 Å². The Bertz CT molecular complexity index is 728. The van der Waals surface area contributed by atoms with Crippen molar-refractivity contribution in [3.05, 3.63) is 76.9 Å². The van der Waals surface area contributed by atoms with Gasteiger partial charge in [-0.1, -0.05) is 0 Å². The largest absolute Gasteiger partial charge is 0.267 e. The van der Waals surface area contributed by atoms with Gasteiger partial charge in [0.1, 0.15) is 5.82 Å². The van der Waals surface area contributed by atoms with Crippen molar-refractivity contribution in [3.8, 4) is 0 Å². The Labute approximate surface area is 134 Å². The number of aromatic nitrogens is 1. The molecule has 0 saturated carbocycles. The molecule has 0 saturated heterocycles. The predicted octanol–water partition coefficient (Wildman–Crippen LogP) is 5.41. The minimum atomic E-state index is -1.89. The molecule has 122 valence electrons. The third kappa shape index (κ3) is 4.10.